The van der Waals surface area contributed by atoms with Gasteiger partial charge >= 0.3 is 0 Å². The Labute approximate surface area is 169 Å². The predicted octanol–water partition coefficient (Wildman–Crippen LogP) is 5.88. The number of H-pyrrole nitrogens is 1. The van der Waals surface area contributed by atoms with E-state index in [1.165, 1.54) is 6.42 Å². The maximum absolute atomic E-state index is 12.6. The summed E-state index contributed by atoms with van der Waals surface area (Å²) in [5.74, 6) is 1.95. The molecule has 0 spiro atoms. The van der Waals surface area contributed by atoms with Crippen molar-refractivity contribution in [1.82, 2.24) is 4.98 Å². The average Bonchev–Trinajstić information content (AvgIpc) is 3.05. The number of aromatic amines is 1. The molecular formula is C24H36N2O2. The van der Waals surface area contributed by atoms with Crippen LogP contribution in [0, 0.1) is 17.8 Å². The van der Waals surface area contributed by atoms with Crippen molar-refractivity contribution in [2.24, 2.45) is 17.8 Å². The summed E-state index contributed by atoms with van der Waals surface area (Å²) in [6.07, 6.45) is 3.59. The van der Waals surface area contributed by atoms with Crippen molar-refractivity contribution in [2.45, 2.75) is 72.3 Å². The number of carbonyl (C=O) groups excluding carboxylic acids is 1. The molecule has 1 fully saturated rings. The zero-order valence-electron chi connectivity index (χ0n) is 18.3. The smallest absolute Gasteiger partial charge is 0.250 e. The molecule has 2 aromatic rings. The summed E-state index contributed by atoms with van der Waals surface area (Å²) in [4.78, 5) is 16.0. The van der Waals surface area contributed by atoms with Crippen LogP contribution in [0.1, 0.15) is 66.5 Å². The first-order chi connectivity index (χ1) is 13.1. The number of amides is 1. The van der Waals surface area contributed by atoms with Crippen LogP contribution in [0.15, 0.2) is 24.3 Å². The first-order valence-corrected chi connectivity index (χ1v) is 10.7. The number of rotatable bonds is 5. The minimum atomic E-state index is -0.0784. The Balaban J connectivity index is 1.63. The number of benzene rings is 1. The average molecular weight is 385 g/mol. The van der Waals surface area contributed by atoms with Crippen molar-refractivity contribution >= 4 is 22.5 Å². The van der Waals surface area contributed by atoms with Gasteiger partial charge in [0.05, 0.1) is 11.8 Å². The monoisotopic (exact) mass is 384 g/mol. The maximum atomic E-state index is 12.6. The van der Waals surface area contributed by atoms with Gasteiger partial charge in [-0.25, -0.2) is 0 Å². The van der Waals surface area contributed by atoms with E-state index in [1.807, 2.05) is 18.2 Å². The van der Waals surface area contributed by atoms with Crippen molar-refractivity contribution in [1.29, 1.82) is 0 Å². The fourth-order valence-corrected chi connectivity index (χ4v) is 4.32. The number of nitrogens with one attached hydrogen (secondary N) is 2. The van der Waals surface area contributed by atoms with Crippen LogP contribution < -0.4 is 5.32 Å². The summed E-state index contributed by atoms with van der Waals surface area (Å²) in [6.45, 7) is 13.5. The van der Waals surface area contributed by atoms with E-state index in [0.29, 0.717) is 17.8 Å². The number of aromatic nitrogens is 1. The molecule has 1 amide bonds. The molecule has 0 unspecified atom stereocenters. The van der Waals surface area contributed by atoms with Crippen LogP contribution in [-0.4, -0.2) is 23.6 Å². The van der Waals surface area contributed by atoms with E-state index in [0.717, 1.165) is 35.1 Å². The van der Waals surface area contributed by atoms with Crippen molar-refractivity contribution in [3.8, 4) is 0 Å². The number of carbonyl (C=O) groups is 1. The molecule has 1 aromatic carbocycles. The number of hydrogen-bond acceptors (Lipinski definition) is 2. The van der Waals surface area contributed by atoms with Gasteiger partial charge in [-0.3, -0.25) is 4.79 Å². The molecule has 154 valence electrons. The third kappa shape index (κ3) is 4.96. The second-order valence-corrected chi connectivity index (χ2v) is 10.00. The summed E-state index contributed by atoms with van der Waals surface area (Å²) in [5.41, 5.74) is 3.09. The van der Waals surface area contributed by atoms with Gasteiger partial charge < -0.3 is 15.0 Å². The molecule has 0 bridgehead atoms. The van der Waals surface area contributed by atoms with Crippen molar-refractivity contribution in [3.63, 3.8) is 0 Å². The highest BCUT2D eigenvalue weighted by molar-refractivity contribution is 6.02. The lowest BCUT2D eigenvalue weighted by atomic mass is 9.75. The lowest BCUT2D eigenvalue weighted by molar-refractivity contribution is -0.124. The minimum absolute atomic E-state index is 0.0358. The van der Waals surface area contributed by atoms with Crippen LogP contribution in [0.25, 0.3) is 10.9 Å². The largest absolute Gasteiger partial charge is 0.368 e. The second-order valence-electron chi connectivity index (χ2n) is 10.00. The normalized spacial score (nSPS) is 23.3. The van der Waals surface area contributed by atoms with Crippen molar-refractivity contribution < 1.29 is 9.53 Å². The molecule has 1 aliphatic rings. The lowest BCUT2D eigenvalue weighted by Crippen LogP contribution is -2.32. The molecule has 0 radical (unpaired) electrons. The summed E-state index contributed by atoms with van der Waals surface area (Å²) >= 11 is 0. The van der Waals surface area contributed by atoms with Crippen LogP contribution in [0.5, 0.6) is 0 Å². The van der Waals surface area contributed by atoms with Crippen molar-refractivity contribution in [2.75, 3.05) is 11.9 Å². The standard InChI is InChI=1S/C24H36N2O2/c1-15(2)17-10-16(3)11-18(12-17)28-14-23(27)26-21-9-7-8-20-19(21)13-22(25-20)24(4,5)6/h7-9,13,15-18,25H,10-12,14H2,1-6H3,(H,26,27)/t16-,17-,18-/m1/s1. The van der Waals surface area contributed by atoms with Gasteiger partial charge in [-0.2, -0.15) is 0 Å². The van der Waals surface area contributed by atoms with Gasteiger partial charge in [0.2, 0.25) is 5.91 Å². The van der Waals surface area contributed by atoms with Gasteiger partial charge in [-0.1, -0.05) is 47.6 Å². The highest BCUT2D eigenvalue weighted by Crippen LogP contribution is 2.35. The SMILES string of the molecule is CC(C)[C@@H]1C[C@@H](C)C[C@@H](OCC(=O)Nc2cccc3[nH]c(C(C)(C)C)cc23)C1. The Morgan fingerprint density at radius 2 is 2.00 bits per heavy atom. The van der Waals surface area contributed by atoms with E-state index in [4.69, 9.17) is 4.74 Å². The summed E-state index contributed by atoms with van der Waals surface area (Å²) in [7, 11) is 0. The molecule has 4 nitrogen and oxygen atoms in total. The number of ether oxygens (including phenoxy) is 1. The molecule has 1 saturated carbocycles. The van der Waals surface area contributed by atoms with E-state index < -0.39 is 0 Å². The molecule has 1 aliphatic carbocycles. The van der Waals surface area contributed by atoms with Crippen LogP contribution in [0.2, 0.25) is 0 Å². The zero-order chi connectivity index (χ0) is 20.5. The van der Waals surface area contributed by atoms with Gasteiger partial charge in [0.25, 0.3) is 0 Å². The van der Waals surface area contributed by atoms with Gasteiger partial charge in [0.1, 0.15) is 6.61 Å². The lowest BCUT2D eigenvalue weighted by Gasteiger charge is -2.35. The minimum Gasteiger partial charge on any atom is -0.368 e. The Morgan fingerprint density at radius 1 is 1.25 bits per heavy atom. The van der Waals surface area contributed by atoms with E-state index in [1.54, 1.807) is 0 Å². The summed E-state index contributed by atoms with van der Waals surface area (Å²) in [6, 6.07) is 8.11. The van der Waals surface area contributed by atoms with Gasteiger partial charge in [0, 0.05) is 22.0 Å². The molecule has 0 saturated heterocycles. The highest BCUT2D eigenvalue weighted by Gasteiger charge is 2.29. The van der Waals surface area contributed by atoms with Crippen LogP contribution in [-0.2, 0) is 14.9 Å². The predicted molar refractivity (Wildman–Crippen MR) is 117 cm³/mol. The highest BCUT2D eigenvalue weighted by atomic mass is 16.5. The summed E-state index contributed by atoms with van der Waals surface area (Å²) in [5, 5.41) is 4.10. The quantitative estimate of drug-likeness (QED) is 0.676. The van der Waals surface area contributed by atoms with Crippen LogP contribution >= 0.6 is 0 Å². The third-order valence-corrected chi connectivity index (χ3v) is 6.08. The Hall–Kier alpha value is -1.81. The first-order valence-electron chi connectivity index (χ1n) is 10.7. The topological polar surface area (TPSA) is 54.1 Å². The molecule has 3 rings (SSSR count). The molecule has 4 heteroatoms. The van der Waals surface area contributed by atoms with Crippen molar-refractivity contribution in [3.05, 3.63) is 30.0 Å². The fourth-order valence-electron chi connectivity index (χ4n) is 4.32. The van der Waals surface area contributed by atoms with Gasteiger partial charge in [-0.05, 0) is 55.2 Å². The van der Waals surface area contributed by atoms with Crippen LogP contribution in [0.3, 0.4) is 0 Å². The third-order valence-electron chi connectivity index (χ3n) is 6.08. The van der Waals surface area contributed by atoms with Crippen LogP contribution in [0.4, 0.5) is 5.69 Å². The fraction of sp³-hybridized carbons (Fsp3) is 0.625. The first kappa shape index (κ1) is 20.9. The number of anilines is 1. The molecule has 28 heavy (non-hydrogen) atoms. The Morgan fingerprint density at radius 3 is 2.68 bits per heavy atom. The second kappa shape index (κ2) is 8.28. The molecule has 0 aliphatic heterocycles. The van der Waals surface area contributed by atoms with E-state index in [2.05, 4.69) is 57.9 Å². The Bertz CT molecular complexity index is 816. The van der Waals surface area contributed by atoms with Gasteiger partial charge in [-0.15, -0.1) is 0 Å². The zero-order valence-corrected chi connectivity index (χ0v) is 18.3. The summed E-state index contributed by atoms with van der Waals surface area (Å²) < 4.78 is 6.02. The van der Waals surface area contributed by atoms with Gasteiger partial charge in [0.15, 0.2) is 0 Å². The molecule has 1 heterocycles. The van der Waals surface area contributed by atoms with E-state index in [-0.39, 0.29) is 24.0 Å². The Kier molecular flexibility index (Phi) is 6.18. The molecular weight excluding hydrogens is 348 g/mol. The molecule has 1 aromatic heterocycles. The molecule has 3 atom stereocenters. The maximum Gasteiger partial charge on any atom is 0.250 e. The molecule has 2 N–H and O–H groups in total. The number of hydrogen-bond donors (Lipinski definition) is 2. The van der Waals surface area contributed by atoms with E-state index >= 15 is 0 Å². The number of fused-ring (bicyclic) bond motifs is 1. The van der Waals surface area contributed by atoms with E-state index in [9.17, 15) is 4.79 Å².